The summed E-state index contributed by atoms with van der Waals surface area (Å²) in [5, 5.41) is 11.6. The molecule has 0 unspecified atom stereocenters. The van der Waals surface area contributed by atoms with Crippen LogP contribution in [0.5, 0.6) is 0 Å². The van der Waals surface area contributed by atoms with E-state index in [1.54, 1.807) is 0 Å². The van der Waals surface area contributed by atoms with Gasteiger partial charge in [0.15, 0.2) is 0 Å². The van der Waals surface area contributed by atoms with Gasteiger partial charge in [0.05, 0.1) is 5.92 Å². The minimum Gasteiger partial charge on any atom is -0.481 e. The third kappa shape index (κ3) is 1.46. The lowest BCUT2D eigenvalue weighted by Gasteiger charge is -2.25. The third-order valence-corrected chi connectivity index (χ3v) is 1.85. The molecule has 10 heavy (non-hydrogen) atoms. The van der Waals surface area contributed by atoms with Crippen molar-refractivity contribution in [3.63, 3.8) is 0 Å². The molecule has 0 spiro atoms. The Balaban J connectivity index is 2.47. The van der Waals surface area contributed by atoms with Crippen molar-refractivity contribution in [1.29, 1.82) is 0 Å². The van der Waals surface area contributed by atoms with Gasteiger partial charge in [-0.25, -0.2) is 0 Å². The van der Waals surface area contributed by atoms with E-state index in [4.69, 9.17) is 10.8 Å². The van der Waals surface area contributed by atoms with E-state index in [1.165, 1.54) is 0 Å². The molecule has 0 aliphatic carbocycles. The van der Waals surface area contributed by atoms with E-state index in [0.29, 0.717) is 6.54 Å². The Hall–Kier alpha value is -0.610. The molecule has 0 aromatic rings. The molecule has 1 saturated heterocycles. The van der Waals surface area contributed by atoms with E-state index >= 15 is 0 Å². The zero-order valence-electron chi connectivity index (χ0n) is 5.71. The van der Waals surface area contributed by atoms with Crippen LogP contribution in [0.1, 0.15) is 6.42 Å². The van der Waals surface area contributed by atoms with Crippen LogP contribution in [0.4, 0.5) is 0 Å². The molecule has 0 radical (unpaired) electrons. The average Bonchev–Trinajstić information content (AvgIpc) is 1.88. The molecule has 4 heteroatoms. The maximum absolute atomic E-state index is 10.4. The number of carbonyl (C=O) groups is 1. The monoisotopic (exact) mass is 144 g/mol. The van der Waals surface area contributed by atoms with Crippen LogP contribution in [-0.2, 0) is 4.79 Å². The number of hydrogen-bond acceptors (Lipinski definition) is 3. The fourth-order valence-electron chi connectivity index (χ4n) is 1.15. The lowest BCUT2D eigenvalue weighted by molar-refractivity contribution is -0.142. The van der Waals surface area contributed by atoms with Gasteiger partial charge in [0, 0.05) is 12.6 Å². The minimum atomic E-state index is -0.792. The first-order valence-corrected chi connectivity index (χ1v) is 3.41. The molecule has 0 aromatic carbocycles. The smallest absolute Gasteiger partial charge is 0.309 e. The molecule has 4 nitrogen and oxygen atoms in total. The van der Waals surface area contributed by atoms with Crippen molar-refractivity contribution in [3.8, 4) is 0 Å². The normalized spacial score (nSPS) is 33.7. The van der Waals surface area contributed by atoms with Crippen LogP contribution < -0.4 is 11.1 Å². The van der Waals surface area contributed by atoms with E-state index in [0.717, 1.165) is 13.0 Å². The van der Waals surface area contributed by atoms with Gasteiger partial charge in [0.2, 0.25) is 0 Å². The van der Waals surface area contributed by atoms with Crippen molar-refractivity contribution in [2.45, 2.75) is 12.5 Å². The van der Waals surface area contributed by atoms with Crippen LogP contribution in [0, 0.1) is 5.92 Å². The predicted octanol–water partition coefficient (Wildman–Crippen LogP) is -0.992. The summed E-state index contributed by atoms with van der Waals surface area (Å²) < 4.78 is 0. The van der Waals surface area contributed by atoms with Crippen LogP contribution in [0.25, 0.3) is 0 Å². The van der Waals surface area contributed by atoms with Gasteiger partial charge in [0.1, 0.15) is 0 Å². The minimum absolute atomic E-state index is 0.168. The molecular formula is C6H12N2O2. The van der Waals surface area contributed by atoms with Crippen molar-refractivity contribution in [1.82, 2.24) is 5.32 Å². The molecule has 1 aliphatic rings. The van der Waals surface area contributed by atoms with Gasteiger partial charge in [-0.2, -0.15) is 0 Å². The largest absolute Gasteiger partial charge is 0.481 e. The number of nitrogens with two attached hydrogens (primary N) is 1. The van der Waals surface area contributed by atoms with Crippen LogP contribution in [-0.4, -0.2) is 30.2 Å². The zero-order valence-corrected chi connectivity index (χ0v) is 5.71. The second-order valence-electron chi connectivity index (χ2n) is 2.60. The fraction of sp³-hybridized carbons (Fsp3) is 0.833. The first kappa shape index (κ1) is 7.50. The highest BCUT2D eigenvalue weighted by Crippen LogP contribution is 2.08. The summed E-state index contributed by atoms with van der Waals surface area (Å²) in [5.74, 6) is -1.19. The summed E-state index contributed by atoms with van der Waals surface area (Å²) in [7, 11) is 0. The highest BCUT2D eigenvalue weighted by molar-refractivity contribution is 5.71. The lowest BCUT2D eigenvalue weighted by atomic mass is 9.95. The highest BCUT2D eigenvalue weighted by atomic mass is 16.4. The molecule has 1 aliphatic heterocycles. The summed E-state index contributed by atoms with van der Waals surface area (Å²) >= 11 is 0. The third-order valence-electron chi connectivity index (χ3n) is 1.85. The van der Waals surface area contributed by atoms with Gasteiger partial charge < -0.3 is 16.2 Å². The molecule has 1 heterocycles. The second-order valence-corrected chi connectivity index (χ2v) is 2.60. The Labute approximate surface area is 59.4 Å². The van der Waals surface area contributed by atoms with Crippen molar-refractivity contribution in [2.24, 2.45) is 11.7 Å². The summed E-state index contributed by atoms with van der Waals surface area (Å²) in [5.41, 5.74) is 5.56. The van der Waals surface area contributed by atoms with E-state index in [-0.39, 0.29) is 6.04 Å². The topological polar surface area (TPSA) is 75.3 Å². The summed E-state index contributed by atoms with van der Waals surface area (Å²) in [6.45, 7) is 1.35. The van der Waals surface area contributed by atoms with E-state index in [2.05, 4.69) is 5.32 Å². The van der Waals surface area contributed by atoms with Gasteiger partial charge in [-0.3, -0.25) is 4.79 Å². The number of rotatable bonds is 1. The lowest BCUT2D eigenvalue weighted by Crippen LogP contribution is -2.48. The molecule has 0 aromatic heterocycles. The molecule has 0 amide bonds. The van der Waals surface area contributed by atoms with Gasteiger partial charge in [-0.15, -0.1) is 0 Å². The number of nitrogens with one attached hydrogen (secondary N) is 1. The van der Waals surface area contributed by atoms with Crippen LogP contribution in [0.3, 0.4) is 0 Å². The van der Waals surface area contributed by atoms with Gasteiger partial charge >= 0.3 is 5.97 Å². The summed E-state index contributed by atoms with van der Waals surface area (Å²) in [6, 6.07) is -0.168. The zero-order chi connectivity index (χ0) is 7.56. The Morgan fingerprint density at radius 3 is 2.80 bits per heavy atom. The van der Waals surface area contributed by atoms with Crippen molar-refractivity contribution >= 4 is 5.97 Å². The molecular weight excluding hydrogens is 132 g/mol. The second kappa shape index (κ2) is 2.98. The Morgan fingerprint density at radius 1 is 1.70 bits per heavy atom. The van der Waals surface area contributed by atoms with E-state index < -0.39 is 11.9 Å². The molecule has 58 valence electrons. The van der Waals surface area contributed by atoms with Gasteiger partial charge in [-0.05, 0) is 13.0 Å². The fourth-order valence-corrected chi connectivity index (χ4v) is 1.15. The van der Waals surface area contributed by atoms with E-state index in [9.17, 15) is 4.79 Å². The quantitative estimate of drug-likeness (QED) is 0.441. The molecule has 0 saturated carbocycles. The molecule has 1 rings (SSSR count). The molecule has 2 atom stereocenters. The van der Waals surface area contributed by atoms with Crippen LogP contribution in [0.15, 0.2) is 0 Å². The van der Waals surface area contributed by atoms with Gasteiger partial charge in [0.25, 0.3) is 0 Å². The molecule has 4 N–H and O–H groups in total. The Kier molecular flexibility index (Phi) is 2.24. The van der Waals surface area contributed by atoms with Crippen LogP contribution in [0.2, 0.25) is 0 Å². The van der Waals surface area contributed by atoms with Crippen LogP contribution >= 0.6 is 0 Å². The number of hydrogen-bond donors (Lipinski definition) is 3. The first-order chi connectivity index (χ1) is 4.72. The summed E-state index contributed by atoms with van der Waals surface area (Å²) in [6.07, 6.45) is 0.761. The Bertz CT molecular complexity index is 138. The highest BCUT2D eigenvalue weighted by Gasteiger charge is 2.27. The Morgan fingerprint density at radius 2 is 2.40 bits per heavy atom. The van der Waals surface area contributed by atoms with Crippen molar-refractivity contribution in [3.05, 3.63) is 0 Å². The predicted molar refractivity (Wildman–Crippen MR) is 36.6 cm³/mol. The number of aliphatic carboxylic acids is 1. The molecule has 0 bridgehead atoms. The SMILES string of the molecule is N[C@@H]1CCNC[C@H]1C(=O)O. The first-order valence-electron chi connectivity index (χ1n) is 3.41. The standard InChI is InChI=1S/C6H12N2O2/c7-5-1-2-8-3-4(5)6(9)10/h4-5,8H,1-3,7H2,(H,9,10)/t4-,5-/m1/s1. The van der Waals surface area contributed by atoms with Crippen molar-refractivity contribution < 1.29 is 9.90 Å². The maximum Gasteiger partial charge on any atom is 0.309 e. The van der Waals surface area contributed by atoms with Gasteiger partial charge in [-0.1, -0.05) is 0 Å². The number of piperidine rings is 1. The average molecular weight is 144 g/mol. The maximum atomic E-state index is 10.4. The molecule has 1 fully saturated rings. The summed E-state index contributed by atoms with van der Waals surface area (Å²) in [4.78, 5) is 10.4. The van der Waals surface area contributed by atoms with E-state index in [1.807, 2.05) is 0 Å². The number of carboxylic acids is 1. The number of carboxylic acid groups (broad SMARTS) is 1. The van der Waals surface area contributed by atoms with Crippen molar-refractivity contribution in [2.75, 3.05) is 13.1 Å².